The highest BCUT2D eigenvalue weighted by molar-refractivity contribution is 6.00. The Morgan fingerprint density at radius 2 is 2.05 bits per heavy atom. The Labute approximate surface area is 108 Å². The van der Waals surface area contributed by atoms with Gasteiger partial charge >= 0.3 is 12.1 Å². The molecule has 1 heterocycles. The van der Waals surface area contributed by atoms with Crippen molar-refractivity contribution >= 4 is 11.8 Å². The lowest BCUT2D eigenvalue weighted by Gasteiger charge is -2.05. The van der Waals surface area contributed by atoms with Crippen LogP contribution in [0.25, 0.3) is 0 Å². The Kier molecular flexibility index (Phi) is 5.14. The number of carbonyl (C=O) groups is 2. The highest BCUT2D eigenvalue weighted by atomic mass is 19.4. The highest BCUT2D eigenvalue weighted by Gasteiger charge is 2.39. The number of unbranched alkanes of at least 4 members (excludes halogenated alkanes) is 1. The van der Waals surface area contributed by atoms with Crippen molar-refractivity contribution in [2.75, 3.05) is 6.61 Å². The van der Waals surface area contributed by atoms with E-state index in [2.05, 4.69) is 0 Å². The van der Waals surface area contributed by atoms with Gasteiger partial charge in [0.1, 0.15) is 6.54 Å². The minimum atomic E-state index is -4.91. The molecule has 0 saturated heterocycles. The van der Waals surface area contributed by atoms with Crippen molar-refractivity contribution in [3.05, 3.63) is 24.0 Å². The van der Waals surface area contributed by atoms with Crippen LogP contribution in [0.5, 0.6) is 0 Å². The van der Waals surface area contributed by atoms with Crippen LogP contribution in [0.1, 0.15) is 30.1 Å². The molecular formula is C12H14F3NO3. The number of esters is 1. The summed E-state index contributed by atoms with van der Waals surface area (Å²) < 4.78 is 42.5. The van der Waals surface area contributed by atoms with Crippen LogP contribution >= 0.6 is 0 Å². The molecule has 1 aromatic heterocycles. The predicted molar refractivity (Wildman–Crippen MR) is 60.7 cm³/mol. The van der Waals surface area contributed by atoms with E-state index in [4.69, 9.17) is 4.74 Å². The standard InChI is InChI=1S/C12H14F3NO3/c1-2-3-6-19-10(17)8-16-5-4-9(7-16)11(18)12(13,14)15/h4-5,7H,2-3,6,8H2,1H3. The smallest absolute Gasteiger partial charge is 0.454 e. The minimum Gasteiger partial charge on any atom is -0.464 e. The van der Waals surface area contributed by atoms with Crippen molar-refractivity contribution in [1.82, 2.24) is 4.57 Å². The summed E-state index contributed by atoms with van der Waals surface area (Å²) in [4.78, 5) is 22.2. The van der Waals surface area contributed by atoms with Gasteiger partial charge < -0.3 is 9.30 Å². The van der Waals surface area contributed by atoms with Crippen molar-refractivity contribution < 1.29 is 27.5 Å². The van der Waals surface area contributed by atoms with Crippen LogP contribution < -0.4 is 0 Å². The summed E-state index contributed by atoms with van der Waals surface area (Å²) in [6.45, 7) is 2.01. The van der Waals surface area contributed by atoms with Gasteiger partial charge in [0.25, 0.3) is 5.78 Å². The van der Waals surface area contributed by atoms with Crippen molar-refractivity contribution in [3.63, 3.8) is 0 Å². The Balaban J connectivity index is 2.56. The van der Waals surface area contributed by atoms with Gasteiger partial charge in [0.05, 0.1) is 6.61 Å². The summed E-state index contributed by atoms with van der Waals surface area (Å²) in [5.74, 6) is -2.47. The van der Waals surface area contributed by atoms with Crippen LogP contribution in [0.4, 0.5) is 13.2 Å². The second-order valence-electron chi connectivity index (χ2n) is 3.97. The van der Waals surface area contributed by atoms with E-state index in [1.165, 1.54) is 10.8 Å². The molecule has 1 aromatic rings. The van der Waals surface area contributed by atoms with Crippen molar-refractivity contribution in [2.24, 2.45) is 0 Å². The van der Waals surface area contributed by atoms with E-state index in [1.807, 2.05) is 6.92 Å². The monoisotopic (exact) mass is 277 g/mol. The van der Waals surface area contributed by atoms with Gasteiger partial charge in [-0.25, -0.2) is 0 Å². The molecule has 0 unspecified atom stereocenters. The number of alkyl halides is 3. The number of halogens is 3. The van der Waals surface area contributed by atoms with Gasteiger partial charge in [0.2, 0.25) is 0 Å². The summed E-state index contributed by atoms with van der Waals surface area (Å²) in [6.07, 6.45) is -1.08. The van der Waals surface area contributed by atoms with Gasteiger partial charge in [-0.3, -0.25) is 9.59 Å². The van der Waals surface area contributed by atoms with Gasteiger partial charge in [-0.1, -0.05) is 13.3 Å². The maximum Gasteiger partial charge on any atom is 0.454 e. The Bertz CT molecular complexity index is 451. The molecule has 1 rings (SSSR count). The second-order valence-corrected chi connectivity index (χ2v) is 3.97. The fraction of sp³-hybridized carbons (Fsp3) is 0.500. The van der Waals surface area contributed by atoms with Crippen LogP contribution in [-0.4, -0.2) is 29.1 Å². The third-order valence-electron chi connectivity index (χ3n) is 2.34. The van der Waals surface area contributed by atoms with E-state index in [1.54, 1.807) is 0 Å². The zero-order chi connectivity index (χ0) is 14.5. The first-order chi connectivity index (χ1) is 8.84. The number of nitrogens with zero attached hydrogens (tertiary/aromatic N) is 1. The second kappa shape index (κ2) is 6.40. The summed E-state index contributed by atoms with van der Waals surface area (Å²) in [5.41, 5.74) is -0.492. The van der Waals surface area contributed by atoms with Crippen LogP contribution in [0.3, 0.4) is 0 Å². The predicted octanol–water partition coefficient (Wildman–Crippen LogP) is 2.58. The molecule has 0 N–H and O–H groups in total. The van der Waals surface area contributed by atoms with E-state index in [0.717, 1.165) is 25.1 Å². The molecule has 4 nitrogen and oxygen atoms in total. The fourth-order valence-corrected chi connectivity index (χ4v) is 1.36. The van der Waals surface area contributed by atoms with Crippen LogP contribution in [-0.2, 0) is 16.1 Å². The number of hydrogen-bond donors (Lipinski definition) is 0. The number of carbonyl (C=O) groups excluding carboxylic acids is 2. The van der Waals surface area contributed by atoms with Crippen molar-refractivity contribution in [2.45, 2.75) is 32.5 Å². The summed E-state index contributed by atoms with van der Waals surface area (Å²) >= 11 is 0. The largest absolute Gasteiger partial charge is 0.464 e. The lowest BCUT2D eigenvalue weighted by Crippen LogP contribution is -2.22. The zero-order valence-electron chi connectivity index (χ0n) is 10.4. The van der Waals surface area contributed by atoms with Gasteiger partial charge in [-0.15, -0.1) is 0 Å². The molecule has 0 aliphatic heterocycles. The molecule has 0 amide bonds. The minimum absolute atomic E-state index is 0.213. The van der Waals surface area contributed by atoms with E-state index < -0.39 is 23.5 Å². The highest BCUT2D eigenvalue weighted by Crippen LogP contribution is 2.21. The van der Waals surface area contributed by atoms with Crippen molar-refractivity contribution in [1.29, 1.82) is 0 Å². The van der Waals surface area contributed by atoms with E-state index >= 15 is 0 Å². The van der Waals surface area contributed by atoms with Gasteiger partial charge in [0.15, 0.2) is 0 Å². The number of rotatable bonds is 6. The summed E-state index contributed by atoms with van der Waals surface area (Å²) in [6, 6.07) is 1.02. The summed E-state index contributed by atoms with van der Waals surface area (Å²) in [7, 11) is 0. The number of Topliss-reactive ketones (excluding diaryl/α,β-unsaturated/α-hetero) is 1. The average Bonchev–Trinajstić information content (AvgIpc) is 2.75. The zero-order valence-corrected chi connectivity index (χ0v) is 10.4. The quantitative estimate of drug-likeness (QED) is 0.456. The molecular weight excluding hydrogens is 263 g/mol. The van der Waals surface area contributed by atoms with E-state index in [9.17, 15) is 22.8 Å². The van der Waals surface area contributed by atoms with E-state index in [0.29, 0.717) is 0 Å². The average molecular weight is 277 g/mol. The molecule has 0 aromatic carbocycles. The molecule has 19 heavy (non-hydrogen) atoms. The first kappa shape index (κ1) is 15.3. The number of ether oxygens (including phenoxy) is 1. The molecule has 7 heteroatoms. The van der Waals surface area contributed by atoms with Gasteiger partial charge in [-0.05, 0) is 12.5 Å². The lowest BCUT2D eigenvalue weighted by atomic mass is 10.2. The third kappa shape index (κ3) is 4.76. The Morgan fingerprint density at radius 3 is 2.63 bits per heavy atom. The van der Waals surface area contributed by atoms with Gasteiger partial charge in [0, 0.05) is 18.0 Å². The molecule has 0 aliphatic rings. The maximum absolute atomic E-state index is 12.2. The molecule has 0 aliphatic carbocycles. The fourth-order valence-electron chi connectivity index (χ4n) is 1.36. The molecule has 0 fully saturated rings. The Hall–Kier alpha value is -1.79. The maximum atomic E-state index is 12.2. The Morgan fingerprint density at radius 1 is 1.37 bits per heavy atom. The first-order valence-electron chi connectivity index (χ1n) is 5.77. The van der Waals surface area contributed by atoms with Crippen LogP contribution in [0.2, 0.25) is 0 Å². The molecule has 0 bridgehead atoms. The molecule has 0 spiro atoms. The topological polar surface area (TPSA) is 48.3 Å². The number of aromatic nitrogens is 1. The van der Waals surface area contributed by atoms with Crippen LogP contribution in [0, 0.1) is 0 Å². The van der Waals surface area contributed by atoms with E-state index in [-0.39, 0.29) is 13.2 Å². The number of hydrogen-bond acceptors (Lipinski definition) is 3. The normalized spacial score (nSPS) is 11.4. The lowest BCUT2D eigenvalue weighted by molar-refractivity contribution is -0.144. The third-order valence-corrected chi connectivity index (χ3v) is 2.34. The van der Waals surface area contributed by atoms with Crippen molar-refractivity contribution in [3.8, 4) is 0 Å². The molecule has 0 atom stereocenters. The first-order valence-corrected chi connectivity index (χ1v) is 5.77. The molecule has 0 radical (unpaired) electrons. The molecule has 0 saturated carbocycles. The molecule has 106 valence electrons. The van der Waals surface area contributed by atoms with Gasteiger partial charge in [-0.2, -0.15) is 13.2 Å². The number of ketones is 1. The van der Waals surface area contributed by atoms with Crippen LogP contribution in [0.15, 0.2) is 18.5 Å². The SMILES string of the molecule is CCCCOC(=O)Cn1ccc(C(=O)C(F)(F)F)c1. The summed E-state index contributed by atoms with van der Waals surface area (Å²) in [5, 5.41) is 0.